The van der Waals surface area contributed by atoms with Gasteiger partial charge in [-0.2, -0.15) is 0 Å². The molecule has 0 aliphatic carbocycles. The topological polar surface area (TPSA) is 79.2 Å². The lowest BCUT2D eigenvalue weighted by Gasteiger charge is -2.30. The van der Waals surface area contributed by atoms with E-state index in [0.29, 0.717) is 25.8 Å². The van der Waals surface area contributed by atoms with Crippen LogP contribution in [0.1, 0.15) is 54.8 Å². The second-order valence-corrected chi connectivity index (χ2v) is 7.87. The van der Waals surface area contributed by atoms with Crippen molar-refractivity contribution in [2.45, 2.75) is 44.8 Å². The molecule has 1 unspecified atom stereocenters. The molecule has 1 fully saturated rings. The Morgan fingerprint density at radius 2 is 2.06 bits per heavy atom. The van der Waals surface area contributed by atoms with Crippen molar-refractivity contribution in [1.29, 1.82) is 0 Å². The Labute approximate surface area is 180 Å². The Morgan fingerprint density at radius 1 is 1.29 bits per heavy atom. The maximum absolute atomic E-state index is 14.5. The van der Waals surface area contributed by atoms with Gasteiger partial charge in [-0.3, -0.25) is 9.59 Å². The van der Waals surface area contributed by atoms with E-state index in [1.165, 1.54) is 11.0 Å². The van der Waals surface area contributed by atoms with Crippen molar-refractivity contribution in [2.24, 2.45) is 4.99 Å². The number of carbonyl (C=O) groups is 2. The van der Waals surface area contributed by atoms with E-state index in [2.05, 4.69) is 0 Å². The molecule has 1 N–H and O–H groups in total. The van der Waals surface area contributed by atoms with Gasteiger partial charge in [0.25, 0.3) is 0 Å². The Kier molecular flexibility index (Phi) is 6.02. The normalized spacial score (nSPS) is 20.5. The van der Waals surface area contributed by atoms with Gasteiger partial charge in [-0.15, -0.1) is 0 Å². The molecule has 2 aromatic carbocycles. The number of phenolic OH excluding ortho intramolecular Hbond substituents is 1. The van der Waals surface area contributed by atoms with Crippen LogP contribution >= 0.6 is 0 Å². The molecule has 4 rings (SSSR count). The molecule has 31 heavy (non-hydrogen) atoms. The largest absolute Gasteiger partial charge is 0.508 e. The lowest BCUT2D eigenvalue weighted by Crippen LogP contribution is -2.38. The van der Waals surface area contributed by atoms with Crippen LogP contribution in [-0.2, 0) is 20.9 Å². The molecule has 0 spiro atoms. The number of aromatic hydroxyl groups is 1. The molecule has 0 saturated carbocycles. The number of Topliss-reactive ketones (excluding diaryl/α,β-unsaturated/α-hetero) is 1. The molecule has 2 aliphatic rings. The number of halogens is 1. The number of hydrogen-bond donors (Lipinski definition) is 1. The summed E-state index contributed by atoms with van der Waals surface area (Å²) < 4.78 is 20.3. The smallest absolute Gasteiger partial charge is 0.223 e. The number of amides is 1. The second-order valence-electron chi connectivity index (χ2n) is 7.87. The van der Waals surface area contributed by atoms with Gasteiger partial charge in [-0.05, 0) is 30.5 Å². The third kappa shape index (κ3) is 4.17. The fourth-order valence-corrected chi connectivity index (χ4v) is 4.24. The van der Waals surface area contributed by atoms with E-state index in [1.54, 1.807) is 0 Å². The summed E-state index contributed by atoms with van der Waals surface area (Å²) >= 11 is 0. The van der Waals surface area contributed by atoms with Crippen LogP contribution in [0.5, 0.6) is 5.75 Å². The summed E-state index contributed by atoms with van der Waals surface area (Å²) in [5, 5.41) is 10.5. The van der Waals surface area contributed by atoms with Gasteiger partial charge in [0, 0.05) is 24.1 Å². The molecule has 0 radical (unpaired) electrons. The van der Waals surface area contributed by atoms with Crippen LogP contribution in [0.15, 0.2) is 47.5 Å². The van der Waals surface area contributed by atoms with Crippen molar-refractivity contribution in [3.05, 3.63) is 65.0 Å². The molecular formula is C24H25FN2O4. The number of fused-ring (bicyclic) bond motifs is 1. The first-order chi connectivity index (χ1) is 15.0. The lowest BCUT2D eigenvalue weighted by molar-refractivity contribution is -0.132. The van der Waals surface area contributed by atoms with Gasteiger partial charge < -0.3 is 14.7 Å². The van der Waals surface area contributed by atoms with E-state index < -0.39 is 11.7 Å². The quantitative estimate of drug-likeness (QED) is 0.763. The number of hydrogen-bond acceptors (Lipinski definition) is 5. The molecule has 2 atom stereocenters. The van der Waals surface area contributed by atoms with Gasteiger partial charge in [0.15, 0.2) is 11.7 Å². The number of nitrogens with zero attached hydrogens (tertiary/aromatic N) is 2. The summed E-state index contributed by atoms with van der Waals surface area (Å²) in [6, 6.07) is 11.8. The van der Waals surface area contributed by atoms with Gasteiger partial charge in [-0.25, -0.2) is 9.38 Å². The highest BCUT2D eigenvalue weighted by Crippen LogP contribution is 2.38. The van der Waals surface area contributed by atoms with Gasteiger partial charge in [0.1, 0.15) is 24.1 Å². The predicted octanol–water partition coefficient (Wildman–Crippen LogP) is 3.89. The zero-order valence-electron chi connectivity index (χ0n) is 17.4. The Hall–Kier alpha value is -3.22. The minimum atomic E-state index is -1.06. The lowest BCUT2D eigenvalue weighted by atomic mass is 9.87. The van der Waals surface area contributed by atoms with Crippen molar-refractivity contribution in [2.75, 3.05) is 13.1 Å². The molecule has 1 amide bonds. The van der Waals surface area contributed by atoms with Crippen LogP contribution in [0.2, 0.25) is 0 Å². The summed E-state index contributed by atoms with van der Waals surface area (Å²) in [7, 11) is 0. The standard InChI is InChI=1S/C24H25FN2O4/c1-2-18(15-7-4-3-5-8-15)26-24-23(20(29)13-27-12-6-9-21(27)30)22-16(14-31-24)17(25)10-11-19(22)28/h3-5,7-8,10-11,18,23,28H,2,6,9,12-14H2,1H3/t18-,23?/m0/s1. The number of rotatable bonds is 6. The average molecular weight is 424 g/mol. The monoisotopic (exact) mass is 424 g/mol. The summed E-state index contributed by atoms with van der Waals surface area (Å²) in [4.78, 5) is 31.6. The maximum atomic E-state index is 14.5. The fraction of sp³-hybridized carbons (Fsp3) is 0.375. The first kappa shape index (κ1) is 21.0. The zero-order chi connectivity index (χ0) is 22.0. The molecule has 7 heteroatoms. The van der Waals surface area contributed by atoms with E-state index in [1.807, 2.05) is 37.3 Å². The van der Waals surface area contributed by atoms with E-state index in [4.69, 9.17) is 9.73 Å². The van der Waals surface area contributed by atoms with E-state index >= 15 is 0 Å². The number of likely N-dealkylation sites (tertiary alicyclic amines) is 1. The van der Waals surface area contributed by atoms with E-state index in [9.17, 15) is 19.1 Å². The van der Waals surface area contributed by atoms with Crippen LogP contribution < -0.4 is 0 Å². The highest BCUT2D eigenvalue weighted by molar-refractivity contribution is 6.09. The summed E-state index contributed by atoms with van der Waals surface area (Å²) in [5.41, 5.74) is 1.30. The number of carbonyl (C=O) groups excluding carboxylic acids is 2. The summed E-state index contributed by atoms with van der Waals surface area (Å²) in [6.07, 6.45) is 1.79. The van der Waals surface area contributed by atoms with Gasteiger partial charge in [0.05, 0.1) is 12.6 Å². The molecule has 2 heterocycles. The molecule has 162 valence electrons. The first-order valence-electron chi connectivity index (χ1n) is 10.6. The first-order valence-corrected chi connectivity index (χ1v) is 10.6. The van der Waals surface area contributed by atoms with Crippen LogP contribution in [0, 0.1) is 5.82 Å². The molecule has 0 bridgehead atoms. The third-order valence-electron chi connectivity index (χ3n) is 5.87. The van der Waals surface area contributed by atoms with Crippen LogP contribution in [0.4, 0.5) is 4.39 Å². The molecule has 6 nitrogen and oxygen atoms in total. The Morgan fingerprint density at radius 3 is 2.74 bits per heavy atom. The number of phenols is 1. The van der Waals surface area contributed by atoms with Crippen molar-refractivity contribution >= 4 is 17.6 Å². The molecule has 2 aliphatic heterocycles. The van der Waals surface area contributed by atoms with Gasteiger partial charge >= 0.3 is 0 Å². The molecule has 2 aromatic rings. The number of benzene rings is 2. The van der Waals surface area contributed by atoms with Gasteiger partial charge in [-0.1, -0.05) is 37.3 Å². The fourth-order valence-electron chi connectivity index (χ4n) is 4.24. The average Bonchev–Trinajstić information content (AvgIpc) is 3.19. The molecule has 0 aromatic heterocycles. The minimum Gasteiger partial charge on any atom is -0.508 e. The van der Waals surface area contributed by atoms with Crippen molar-refractivity contribution < 1.29 is 23.8 Å². The van der Waals surface area contributed by atoms with Gasteiger partial charge in [0.2, 0.25) is 5.91 Å². The number of ketones is 1. The number of ether oxygens (including phenoxy) is 1. The molecule has 1 saturated heterocycles. The van der Waals surface area contributed by atoms with Crippen LogP contribution in [0.25, 0.3) is 0 Å². The Bertz CT molecular complexity index is 1020. The number of aliphatic imine (C=N–C) groups is 1. The second kappa shape index (κ2) is 8.88. The highest BCUT2D eigenvalue weighted by Gasteiger charge is 2.39. The molecular weight excluding hydrogens is 399 g/mol. The summed E-state index contributed by atoms with van der Waals surface area (Å²) in [6.45, 7) is 2.25. The van der Waals surface area contributed by atoms with Crippen molar-refractivity contribution in [1.82, 2.24) is 4.90 Å². The third-order valence-corrected chi connectivity index (χ3v) is 5.87. The SMILES string of the molecule is CC[C@H](N=C1OCc2c(F)ccc(O)c2C1C(=O)CN1CCCC1=O)c1ccccc1. The maximum Gasteiger partial charge on any atom is 0.223 e. The van der Waals surface area contributed by atoms with E-state index in [0.717, 1.165) is 11.6 Å². The van der Waals surface area contributed by atoms with E-state index in [-0.39, 0.29) is 53.7 Å². The highest BCUT2D eigenvalue weighted by atomic mass is 19.1. The zero-order valence-corrected chi connectivity index (χ0v) is 17.4. The summed E-state index contributed by atoms with van der Waals surface area (Å²) in [5.74, 6) is -2.06. The predicted molar refractivity (Wildman–Crippen MR) is 113 cm³/mol. The Balaban J connectivity index is 1.75. The van der Waals surface area contributed by atoms with Crippen molar-refractivity contribution in [3.8, 4) is 5.75 Å². The van der Waals surface area contributed by atoms with Crippen LogP contribution in [0.3, 0.4) is 0 Å². The van der Waals surface area contributed by atoms with Crippen LogP contribution in [-0.4, -0.2) is 40.7 Å². The van der Waals surface area contributed by atoms with Crippen molar-refractivity contribution in [3.63, 3.8) is 0 Å². The minimum absolute atomic E-state index is 0.0806.